The molecule has 2 rings (SSSR count). The van der Waals surface area contributed by atoms with Crippen LogP contribution in [0.15, 0.2) is 24.3 Å². The molecule has 0 aliphatic carbocycles. The van der Waals surface area contributed by atoms with Crippen LogP contribution < -0.4 is 10.1 Å². The largest absolute Gasteiger partial charge is 0.494 e. The van der Waals surface area contributed by atoms with Gasteiger partial charge in [0.05, 0.1) is 25.9 Å². The molecule has 3 heteroatoms. The minimum Gasteiger partial charge on any atom is -0.494 e. The Hall–Kier alpha value is -1.06. The second kappa shape index (κ2) is 6.03. The minimum absolute atomic E-state index is 0.365. The summed E-state index contributed by atoms with van der Waals surface area (Å²) in [7, 11) is 0. The SMILES string of the molecule is CCCOc1ccc(C(C)NC2COC2)cc1. The highest BCUT2D eigenvalue weighted by molar-refractivity contribution is 5.29. The molecule has 1 heterocycles. The normalized spacial score (nSPS) is 17.5. The van der Waals surface area contributed by atoms with Crippen LogP contribution in [0.3, 0.4) is 0 Å². The van der Waals surface area contributed by atoms with E-state index in [2.05, 4.69) is 31.3 Å². The molecule has 0 amide bonds. The fourth-order valence-corrected chi connectivity index (χ4v) is 1.85. The van der Waals surface area contributed by atoms with E-state index in [-0.39, 0.29) is 0 Å². The Morgan fingerprint density at radius 2 is 2.06 bits per heavy atom. The van der Waals surface area contributed by atoms with E-state index in [1.165, 1.54) is 5.56 Å². The van der Waals surface area contributed by atoms with Crippen LogP contribution in [0.4, 0.5) is 0 Å². The van der Waals surface area contributed by atoms with Gasteiger partial charge in [0.2, 0.25) is 0 Å². The Morgan fingerprint density at radius 1 is 1.35 bits per heavy atom. The maximum atomic E-state index is 5.56. The molecule has 1 saturated heterocycles. The van der Waals surface area contributed by atoms with Crippen LogP contribution in [-0.4, -0.2) is 25.9 Å². The summed E-state index contributed by atoms with van der Waals surface area (Å²) in [6.45, 7) is 6.75. The Bertz CT molecular complexity index is 333. The molecule has 1 fully saturated rings. The molecule has 1 aromatic rings. The molecule has 0 bridgehead atoms. The fourth-order valence-electron chi connectivity index (χ4n) is 1.85. The van der Waals surface area contributed by atoms with Gasteiger partial charge in [-0.3, -0.25) is 0 Å². The van der Waals surface area contributed by atoms with Crippen molar-refractivity contribution in [1.29, 1.82) is 0 Å². The quantitative estimate of drug-likeness (QED) is 0.822. The van der Waals surface area contributed by atoms with E-state index >= 15 is 0 Å². The standard InChI is InChI=1S/C14H21NO2/c1-3-8-17-14-6-4-12(5-7-14)11(2)15-13-9-16-10-13/h4-7,11,13,15H,3,8-10H2,1-2H3. The predicted octanol–water partition coefficient (Wildman–Crippen LogP) is 2.52. The molecule has 0 spiro atoms. The third kappa shape index (κ3) is 3.45. The summed E-state index contributed by atoms with van der Waals surface area (Å²) in [6.07, 6.45) is 1.04. The third-order valence-corrected chi connectivity index (χ3v) is 2.98. The summed E-state index contributed by atoms with van der Waals surface area (Å²) in [4.78, 5) is 0. The average Bonchev–Trinajstić information content (AvgIpc) is 2.31. The van der Waals surface area contributed by atoms with E-state index in [4.69, 9.17) is 9.47 Å². The third-order valence-electron chi connectivity index (χ3n) is 2.98. The number of nitrogens with one attached hydrogen (secondary N) is 1. The topological polar surface area (TPSA) is 30.5 Å². The van der Waals surface area contributed by atoms with Gasteiger partial charge in [-0.2, -0.15) is 0 Å². The molecule has 1 aliphatic rings. The highest BCUT2D eigenvalue weighted by Crippen LogP contribution is 2.19. The van der Waals surface area contributed by atoms with Crippen LogP contribution in [0, 0.1) is 0 Å². The second-order valence-electron chi connectivity index (χ2n) is 4.54. The summed E-state index contributed by atoms with van der Waals surface area (Å²) in [5.41, 5.74) is 1.29. The van der Waals surface area contributed by atoms with Crippen molar-refractivity contribution in [2.45, 2.75) is 32.4 Å². The molecule has 3 nitrogen and oxygen atoms in total. The van der Waals surface area contributed by atoms with Crippen LogP contribution in [0.25, 0.3) is 0 Å². The van der Waals surface area contributed by atoms with Crippen molar-refractivity contribution < 1.29 is 9.47 Å². The zero-order valence-electron chi connectivity index (χ0n) is 10.6. The Labute approximate surface area is 103 Å². The lowest BCUT2D eigenvalue weighted by Gasteiger charge is -2.30. The molecule has 1 aliphatic heterocycles. The summed E-state index contributed by atoms with van der Waals surface area (Å²) in [6, 6.07) is 9.22. The van der Waals surface area contributed by atoms with Gasteiger partial charge in [0.15, 0.2) is 0 Å². The van der Waals surface area contributed by atoms with Gasteiger partial charge in [-0.1, -0.05) is 19.1 Å². The van der Waals surface area contributed by atoms with Crippen molar-refractivity contribution in [3.8, 4) is 5.75 Å². The first-order valence-corrected chi connectivity index (χ1v) is 6.36. The molecule has 1 unspecified atom stereocenters. The number of rotatable bonds is 6. The van der Waals surface area contributed by atoms with Crippen molar-refractivity contribution in [3.63, 3.8) is 0 Å². The minimum atomic E-state index is 0.365. The first-order valence-electron chi connectivity index (χ1n) is 6.36. The lowest BCUT2D eigenvalue weighted by atomic mass is 10.1. The lowest BCUT2D eigenvalue weighted by molar-refractivity contribution is -0.00925. The Balaban J connectivity index is 1.87. The maximum Gasteiger partial charge on any atom is 0.119 e. The van der Waals surface area contributed by atoms with E-state index < -0.39 is 0 Å². The van der Waals surface area contributed by atoms with Gasteiger partial charge in [-0.05, 0) is 31.0 Å². The number of benzene rings is 1. The molecular formula is C14H21NO2. The Morgan fingerprint density at radius 3 is 2.59 bits per heavy atom. The maximum absolute atomic E-state index is 5.56. The van der Waals surface area contributed by atoms with E-state index in [1.54, 1.807) is 0 Å². The molecule has 1 aromatic carbocycles. The van der Waals surface area contributed by atoms with Crippen molar-refractivity contribution in [2.75, 3.05) is 19.8 Å². The highest BCUT2D eigenvalue weighted by Gasteiger charge is 2.20. The summed E-state index contributed by atoms with van der Waals surface area (Å²) >= 11 is 0. The zero-order valence-corrected chi connectivity index (χ0v) is 10.6. The van der Waals surface area contributed by atoms with Gasteiger partial charge in [0.25, 0.3) is 0 Å². The van der Waals surface area contributed by atoms with Crippen LogP contribution >= 0.6 is 0 Å². The monoisotopic (exact) mass is 235 g/mol. The van der Waals surface area contributed by atoms with Crippen molar-refractivity contribution in [3.05, 3.63) is 29.8 Å². The summed E-state index contributed by atoms with van der Waals surface area (Å²) in [5.74, 6) is 0.953. The number of hydrogen-bond donors (Lipinski definition) is 1. The van der Waals surface area contributed by atoms with Crippen molar-refractivity contribution >= 4 is 0 Å². The van der Waals surface area contributed by atoms with Gasteiger partial charge < -0.3 is 14.8 Å². The molecule has 17 heavy (non-hydrogen) atoms. The van der Waals surface area contributed by atoms with E-state index in [1.807, 2.05) is 12.1 Å². The molecule has 94 valence electrons. The van der Waals surface area contributed by atoms with E-state index in [0.717, 1.165) is 32.0 Å². The number of ether oxygens (including phenoxy) is 2. The van der Waals surface area contributed by atoms with Crippen molar-refractivity contribution in [2.24, 2.45) is 0 Å². The molecular weight excluding hydrogens is 214 g/mol. The predicted molar refractivity (Wildman–Crippen MR) is 68.4 cm³/mol. The van der Waals surface area contributed by atoms with Crippen LogP contribution in [0.5, 0.6) is 5.75 Å². The van der Waals surface area contributed by atoms with Gasteiger partial charge >= 0.3 is 0 Å². The van der Waals surface area contributed by atoms with E-state index in [0.29, 0.717) is 12.1 Å². The van der Waals surface area contributed by atoms with Crippen LogP contribution in [-0.2, 0) is 4.74 Å². The first kappa shape index (κ1) is 12.4. The van der Waals surface area contributed by atoms with Gasteiger partial charge in [0, 0.05) is 6.04 Å². The van der Waals surface area contributed by atoms with Crippen molar-refractivity contribution in [1.82, 2.24) is 5.32 Å². The summed E-state index contributed by atoms with van der Waals surface area (Å²) < 4.78 is 10.7. The van der Waals surface area contributed by atoms with Crippen LogP contribution in [0.2, 0.25) is 0 Å². The second-order valence-corrected chi connectivity index (χ2v) is 4.54. The van der Waals surface area contributed by atoms with Gasteiger partial charge in [-0.15, -0.1) is 0 Å². The van der Waals surface area contributed by atoms with Crippen LogP contribution in [0.1, 0.15) is 31.9 Å². The smallest absolute Gasteiger partial charge is 0.119 e. The lowest BCUT2D eigenvalue weighted by Crippen LogP contribution is -2.46. The molecule has 0 saturated carbocycles. The number of hydrogen-bond acceptors (Lipinski definition) is 3. The Kier molecular flexibility index (Phi) is 4.40. The molecule has 0 aromatic heterocycles. The van der Waals surface area contributed by atoms with Gasteiger partial charge in [-0.25, -0.2) is 0 Å². The van der Waals surface area contributed by atoms with Gasteiger partial charge in [0.1, 0.15) is 5.75 Å². The average molecular weight is 235 g/mol. The molecule has 0 radical (unpaired) electrons. The van der Waals surface area contributed by atoms with E-state index in [9.17, 15) is 0 Å². The highest BCUT2D eigenvalue weighted by atomic mass is 16.5. The summed E-state index contributed by atoms with van der Waals surface area (Å²) in [5, 5.41) is 3.53. The first-order chi connectivity index (χ1) is 8.29. The fraction of sp³-hybridized carbons (Fsp3) is 0.571. The molecule has 1 atom stereocenters. The molecule has 1 N–H and O–H groups in total. The zero-order chi connectivity index (χ0) is 12.1.